The number of halogens is 1. The predicted molar refractivity (Wildman–Crippen MR) is 86.4 cm³/mol. The molecule has 1 saturated heterocycles. The quantitative estimate of drug-likeness (QED) is 0.921. The minimum absolute atomic E-state index is 0.0938. The third kappa shape index (κ3) is 4.63. The Kier molecular flexibility index (Phi) is 5.02. The highest BCUT2D eigenvalue weighted by Crippen LogP contribution is 2.19. The number of anilines is 1. The van der Waals surface area contributed by atoms with Crippen molar-refractivity contribution >= 4 is 11.6 Å². The second-order valence-corrected chi connectivity index (χ2v) is 6.04. The molecule has 5 nitrogen and oxygen atoms in total. The van der Waals surface area contributed by atoms with Gasteiger partial charge in [0, 0.05) is 24.6 Å². The van der Waals surface area contributed by atoms with Gasteiger partial charge in [0.1, 0.15) is 5.82 Å². The Morgan fingerprint density at radius 3 is 2.87 bits per heavy atom. The summed E-state index contributed by atoms with van der Waals surface area (Å²) in [5.74, 6) is 0.193. The first-order chi connectivity index (χ1) is 11.2. The van der Waals surface area contributed by atoms with Gasteiger partial charge >= 0.3 is 0 Å². The zero-order valence-corrected chi connectivity index (χ0v) is 13.0. The van der Waals surface area contributed by atoms with E-state index in [1.807, 2.05) is 12.5 Å². The lowest BCUT2D eigenvalue weighted by molar-refractivity contribution is -0.117. The molecular weight excluding hydrogens is 295 g/mol. The van der Waals surface area contributed by atoms with Crippen LogP contribution in [0.25, 0.3) is 0 Å². The van der Waals surface area contributed by atoms with Gasteiger partial charge < -0.3 is 9.88 Å². The number of imidazole rings is 1. The van der Waals surface area contributed by atoms with Crippen molar-refractivity contribution in [2.75, 3.05) is 25.0 Å². The molecule has 0 bridgehead atoms. The van der Waals surface area contributed by atoms with Crippen LogP contribution in [-0.2, 0) is 11.3 Å². The van der Waals surface area contributed by atoms with E-state index in [2.05, 4.69) is 19.8 Å². The molecule has 6 heteroatoms. The van der Waals surface area contributed by atoms with Crippen LogP contribution >= 0.6 is 0 Å². The Bertz CT molecular complexity index is 636. The van der Waals surface area contributed by atoms with Gasteiger partial charge in [-0.3, -0.25) is 9.69 Å². The summed E-state index contributed by atoms with van der Waals surface area (Å²) < 4.78 is 15.2. The van der Waals surface area contributed by atoms with Gasteiger partial charge in [0.25, 0.3) is 0 Å². The van der Waals surface area contributed by atoms with E-state index >= 15 is 0 Å². The molecule has 1 N–H and O–H groups in total. The molecule has 1 aliphatic heterocycles. The largest absolute Gasteiger partial charge is 0.337 e. The molecule has 122 valence electrons. The van der Waals surface area contributed by atoms with Gasteiger partial charge in [-0.1, -0.05) is 6.07 Å². The van der Waals surface area contributed by atoms with Crippen molar-refractivity contribution in [2.24, 2.45) is 5.92 Å². The van der Waals surface area contributed by atoms with E-state index in [1.54, 1.807) is 18.3 Å². The summed E-state index contributed by atoms with van der Waals surface area (Å²) in [4.78, 5) is 18.3. The fourth-order valence-electron chi connectivity index (χ4n) is 2.99. The van der Waals surface area contributed by atoms with Crippen molar-refractivity contribution in [1.29, 1.82) is 0 Å². The van der Waals surface area contributed by atoms with Gasteiger partial charge in [0.2, 0.25) is 5.91 Å². The number of benzene rings is 1. The minimum atomic E-state index is -0.344. The van der Waals surface area contributed by atoms with Crippen LogP contribution < -0.4 is 5.32 Å². The van der Waals surface area contributed by atoms with E-state index < -0.39 is 0 Å². The van der Waals surface area contributed by atoms with E-state index in [-0.39, 0.29) is 11.7 Å². The number of piperidine rings is 1. The number of aromatic nitrogens is 2. The molecule has 1 fully saturated rings. The Balaban J connectivity index is 1.42. The maximum Gasteiger partial charge on any atom is 0.238 e. The molecule has 0 aliphatic carbocycles. The summed E-state index contributed by atoms with van der Waals surface area (Å²) in [5, 5.41) is 2.74. The normalized spacial score (nSPS) is 16.4. The van der Waals surface area contributed by atoms with Gasteiger partial charge in [-0.15, -0.1) is 0 Å². The highest BCUT2D eigenvalue weighted by atomic mass is 19.1. The Labute approximate surface area is 135 Å². The molecule has 1 amide bonds. The van der Waals surface area contributed by atoms with Gasteiger partial charge in [0.05, 0.1) is 12.9 Å². The molecule has 0 radical (unpaired) electrons. The molecule has 0 spiro atoms. The van der Waals surface area contributed by atoms with Crippen molar-refractivity contribution in [3.05, 3.63) is 48.8 Å². The SMILES string of the molecule is O=C(CN1CCC(Cn2ccnc2)CC1)Nc1cccc(F)c1. The van der Waals surface area contributed by atoms with Crippen LogP contribution in [0.3, 0.4) is 0 Å². The maximum atomic E-state index is 13.1. The molecule has 2 aromatic rings. The van der Waals surface area contributed by atoms with E-state index in [4.69, 9.17) is 0 Å². The van der Waals surface area contributed by atoms with Crippen LogP contribution in [-0.4, -0.2) is 40.0 Å². The highest BCUT2D eigenvalue weighted by Gasteiger charge is 2.21. The number of rotatable bonds is 5. The number of hydrogen-bond acceptors (Lipinski definition) is 3. The summed E-state index contributed by atoms with van der Waals surface area (Å²) in [5.41, 5.74) is 0.505. The van der Waals surface area contributed by atoms with Crippen LogP contribution in [0.4, 0.5) is 10.1 Å². The topological polar surface area (TPSA) is 50.2 Å². The summed E-state index contributed by atoms with van der Waals surface area (Å²) in [6, 6.07) is 5.97. The summed E-state index contributed by atoms with van der Waals surface area (Å²) >= 11 is 0. The molecule has 2 heterocycles. The molecule has 0 atom stereocenters. The standard InChI is InChI=1S/C17H21FN4O/c18-15-2-1-3-16(10-15)20-17(23)12-21-7-4-14(5-8-21)11-22-9-6-19-13-22/h1-3,6,9-10,13-14H,4-5,7-8,11-12H2,(H,20,23). The van der Waals surface area contributed by atoms with Crippen molar-refractivity contribution < 1.29 is 9.18 Å². The van der Waals surface area contributed by atoms with E-state index in [0.717, 1.165) is 32.5 Å². The lowest BCUT2D eigenvalue weighted by atomic mass is 9.97. The van der Waals surface area contributed by atoms with E-state index in [9.17, 15) is 9.18 Å². The second-order valence-electron chi connectivity index (χ2n) is 6.04. The fourth-order valence-corrected chi connectivity index (χ4v) is 2.99. The van der Waals surface area contributed by atoms with Crippen molar-refractivity contribution in [2.45, 2.75) is 19.4 Å². The summed E-state index contributed by atoms with van der Waals surface area (Å²) in [6.07, 6.45) is 7.78. The monoisotopic (exact) mass is 316 g/mol. The maximum absolute atomic E-state index is 13.1. The van der Waals surface area contributed by atoms with E-state index in [0.29, 0.717) is 18.2 Å². The highest BCUT2D eigenvalue weighted by molar-refractivity contribution is 5.92. The molecular formula is C17H21FN4O. The third-order valence-corrected chi connectivity index (χ3v) is 4.21. The molecule has 1 aromatic heterocycles. The second kappa shape index (κ2) is 7.37. The van der Waals surface area contributed by atoms with Crippen LogP contribution in [0.5, 0.6) is 0 Å². The molecule has 1 aliphatic rings. The van der Waals surface area contributed by atoms with Crippen LogP contribution in [0, 0.1) is 11.7 Å². The predicted octanol–water partition coefficient (Wildman–Crippen LogP) is 2.37. The van der Waals surface area contributed by atoms with Crippen LogP contribution in [0.1, 0.15) is 12.8 Å². The zero-order chi connectivity index (χ0) is 16.1. The average molecular weight is 316 g/mol. The first kappa shape index (κ1) is 15.7. The molecule has 3 rings (SSSR count). The number of nitrogens with zero attached hydrogens (tertiary/aromatic N) is 3. The molecule has 0 unspecified atom stereocenters. The van der Waals surface area contributed by atoms with Crippen molar-refractivity contribution in [3.8, 4) is 0 Å². The smallest absolute Gasteiger partial charge is 0.238 e. The fraction of sp³-hybridized carbons (Fsp3) is 0.412. The van der Waals surface area contributed by atoms with Crippen molar-refractivity contribution in [3.63, 3.8) is 0 Å². The Morgan fingerprint density at radius 2 is 2.17 bits per heavy atom. The Hall–Kier alpha value is -2.21. The van der Waals surface area contributed by atoms with Gasteiger partial charge in [-0.25, -0.2) is 9.37 Å². The number of nitrogens with one attached hydrogen (secondary N) is 1. The van der Waals surface area contributed by atoms with Gasteiger partial charge in [-0.2, -0.15) is 0 Å². The minimum Gasteiger partial charge on any atom is -0.337 e. The van der Waals surface area contributed by atoms with Crippen LogP contribution in [0.15, 0.2) is 43.0 Å². The first-order valence-corrected chi connectivity index (χ1v) is 7.92. The summed E-state index contributed by atoms with van der Waals surface area (Å²) in [6.45, 7) is 3.17. The van der Waals surface area contributed by atoms with Crippen molar-refractivity contribution in [1.82, 2.24) is 14.5 Å². The number of carbonyl (C=O) groups is 1. The molecule has 0 saturated carbocycles. The molecule has 23 heavy (non-hydrogen) atoms. The first-order valence-electron chi connectivity index (χ1n) is 7.92. The van der Waals surface area contributed by atoms with E-state index in [1.165, 1.54) is 12.1 Å². The molecule has 1 aromatic carbocycles. The number of hydrogen-bond donors (Lipinski definition) is 1. The average Bonchev–Trinajstić information content (AvgIpc) is 3.02. The van der Waals surface area contributed by atoms with Gasteiger partial charge in [-0.05, 0) is 50.0 Å². The number of amides is 1. The lowest BCUT2D eigenvalue weighted by Gasteiger charge is -2.31. The lowest BCUT2D eigenvalue weighted by Crippen LogP contribution is -2.39. The van der Waals surface area contributed by atoms with Gasteiger partial charge in [0.15, 0.2) is 0 Å². The number of carbonyl (C=O) groups excluding carboxylic acids is 1. The number of likely N-dealkylation sites (tertiary alicyclic amines) is 1. The zero-order valence-electron chi connectivity index (χ0n) is 13.0. The third-order valence-electron chi connectivity index (χ3n) is 4.21. The Morgan fingerprint density at radius 1 is 1.35 bits per heavy atom. The summed E-state index contributed by atoms with van der Waals surface area (Å²) in [7, 11) is 0. The van der Waals surface area contributed by atoms with Crippen LogP contribution in [0.2, 0.25) is 0 Å².